The van der Waals surface area contributed by atoms with E-state index < -0.39 is 0 Å². The van der Waals surface area contributed by atoms with Gasteiger partial charge in [0.2, 0.25) is 5.43 Å². The molecule has 0 aliphatic heterocycles. The maximum Gasteiger partial charge on any atom is 0.200 e. The fraction of sp³-hybridized carbons (Fsp3) is 0.235. The van der Waals surface area contributed by atoms with Gasteiger partial charge < -0.3 is 15.0 Å². The lowest BCUT2D eigenvalue weighted by Crippen LogP contribution is -2.12. The van der Waals surface area contributed by atoms with Crippen molar-refractivity contribution in [3.8, 4) is 5.75 Å². The van der Waals surface area contributed by atoms with Crippen LogP contribution in [-0.2, 0) is 7.05 Å². The van der Waals surface area contributed by atoms with Gasteiger partial charge in [0.1, 0.15) is 5.75 Å². The largest absolute Gasteiger partial charge is 0.493 e. The first-order valence-corrected chi connectivity index (χ1v) is 7.07. The SMILES string of the molecule is Cn1c2ccccc2c(=O)c2c(OCCCN)cccc21. The summed E-state index contributed by atoms with van der Waals surface area (Å²) in [6.45, 7) is 1.09. The van der Waals surface area contributed by atoms with Gasteiger partial charge in [-0.25, -0.2) is 0 Å². The number of nitrogens with two attached hydrogens (primary N) is 1. The Balaban J connectivity index is 2.30. The van der Waals surface area contributed by atoms with Crippen LogP contribution in [0.2, 0.25) is 0 Å². The van der Waals surface area contributed by atoms with E-state index >= 15 is 0 Å². The molecule has 0 unspecified atom stereocenters. The number of rotatable bonds is 4. The molecule has 0 aliphatic rings. The van der Waals surface area contributed by atoms with E-state index in [1.54, 1.807) is 0 Å². The van der Waals surface area contributed by atoms with Crippen LogP contribution in [0.1, 0.15) is 6.42 Å². The molecule has 2 aromatic carbocycles. The summed E-state index contributed by atoms with van der Waals surface area (Å²) in [4.78, 5) is 12.8. The minimum absolute atomic E-state index is 0.0158. The lowest BCUT2D eigenvalue weighted by molar-refractivity contribution is 0.317. The molecule has 4 heteroatoms. The zero-order valence-corrected chi connectivity index (χ0v) is 12.0. The van der Waals surface area contributed by atoms with E-state index in [0.29, 0.717) is 29.7 Å². The highest BCUT2D eigenvalue weighted by atomic mass is 16.5. The standard InChI is InChI=1S/C17H18N2O2/c1-19-13-7-3-2-6-12(13)17(20)16-14(19)8-4-9-15(16)21-11-5-10-18/h2-4,6-9H,5,10-11,18H2,1H3. The number of hydrogen-bond acceptors (Lipinski definition) is 3. The quantitative estimate of drug-likeness (QED) is 0.590. The molecular weight excluding hydrogens is 264 g/mol. The van der Waals surface area contributed by atoms with Gasteiger partial charge in [-0.3, -0.25) is 4.79 Å². The first kappa shape index (κ1) is 13.6. The van der Waals surface area contributed by atoms with Crippen LogP contribution in [0.25, 0.3) is 21.8 Å². The Kier molecular flexibility index (Phi) is 3.62. The molecule has 1 heterocycles. The van der Waals surface area contributed by atoms with Crippen LogP contribution in [-0.4, -0.2) is 17.7 Å². The number of ether oxygens (including phenoxy) is 1. The average Bonchev–Trinajstić information content (AvgIpc) is 2.53. The topological polar surface area (TPSA) is 57.2 Å². The maximum absolute atomic E-state index is 12.8. The molecule has 3 rings (SSSR count). The Morgan fingerprint density at radius 2 is 1.86 bits per heavy atom. The monoisotopic (exact) mass is 282 g/mol. The number of para-hydroxylation sites is 1. The molecule has 108 valence electrons. The van der Waals surface area contributed by atoms with Gasteiger partial charge in [0.05, 0.1) is 23.0 Å². The number of nitrogens with zero attached hydrogens (tertiary/aromatic N) is 1. The molecule has 0 fully saturated rings. The number of fused-ring (bicyclic) bond motifs is 2. The van der Waals surface area contributed by atoms with Gasteiger partial charge >= 0.3 is 0 Å². The lowest BCUT2D eigenvalue weighted by Gasteiger charge is -2.13. The Labute approximate surface area is 122 Å². The fourth-order valence-electron chi connectivity index (χ4n) is 2.64. The van der Waals surface area contributed by atoms with Crippen molar-refractivity contribution in [3.05, 3.63) is 52.7 Å². The summed E-state index contributed by atoms with van der Waals surface area (Å²) in [6, 6.07) is 13.3. The highest BCUT2D eigenvalue weighted by molar-refractivity contribution is 5.96. The number of aryl methyl sites for hydroxylation is 1. The van der Waals surface area contributed by atoms with E-state index in [1.807, 2.05) is 54.1 Å². The van der Waals surface area contributed by atoms with Crippen molar-refractivity contribution in [2.75, 3.05) is 13.2 Å². The third-order valence-corrected chi connectivity index (χ3v) is 3.71. The molecule has 0 bridgehead atoms. The number of hydrogen-bond donors (Lipinski definition) is 1. The van der Waals surface area contributed by atoms with Crippen LogP contribution < -0.4 is 15.9 Å². The van der Waals surface area contributed by atoms with Gasteiger partial charge in [-0.2, -0.15) is 0 Å². The predicted octanol–water partition coefficient (Wildman–Crippen LogP) is 2.42. The van der Waals surface area contributed by atoms with E-state index in [9.17, 15) is 4.79 Å². The molecule has 0 atom stereocenters. The molecule has 0 saturated carbocycles. The summed E-state index contributed by atoms with van der Waals surface area (Å²) in [7, 11) is 1.97. The summed E-state index contributed by atoms with van der Waals surface area (Å²) < 4.78 is 7.78. The molecule has 0 saturated heterocycles. The van der Waals surface area contributed by atoms with Gasteiger partial charge in [0.25, 0.3) is 0 Å². The van der Waals surface area contributed by atoms with Crippen LogP contribution in [0.5, 0.6) is 5.75 Å². The zero-order valence-electron chi connectivity index (χ0n) is 12.0. The molecule has 1 aromatic heterocycles. The van der Waals surface area contributed by atoms with Crippen LogP contribution in [0.3, 0.4) is 0 Å². The van der Waals surface area contributed by atoms with Crippen molar-refractivity contribution < 1.29 is 4.74 Å². The van der Waals surface area contributed by atoms with E-state index in [4.69, 9.17) is 10.5 Å². The number of aromatic nitrogens is 1. The predicted molar refractivity (Wildman–Crippen MR) is 85.9 cm³/mol. The maximum atomic E-state index is 12.8. The van der Waals surface area contributed by atoms with E-state index in [2.05, 4.69) is 0 Å². The Morgan fingerprint density at radius 1 is 1.10 bits per heavy atom. The Bertz CT molecular complexity index is 852. The first-order chi connectivity index (χ1) is 10.2. The van der Waals surface area contributed by atoms with Gasteiger partial charge in [-0.05, 0) is 37.2 Å². The smallest absolute Gasteiger partial charge is 0.200 e. The van der Waals surface area contributed by atoms with Gasteiger partial charge in [0, 0.05) is 12.4 Å². The van der Waals surface area contributed by atoms with Crippen LogP contribution in [0.4, 0.5) is 0 Å². The Morgan fingerprint density at radius 3 is 2.67 bits per heavy atom. The minimum atomic E-state index is 0.0158. The zero-order chi connectivity index (χ0) is 14.8. The van der Waals surface area contributed by atoms with E-state index in [1.165, 1.54) is 0 Å². The number of benzene rings is 2. The molecule has 3 aromatic rings. The molecular formula is C17H18N2O2. The normalized spacial score (nSPS) is 11.1. The molecule has 21 heavy (non-hydrogen) atoms. The number of pyridine rings is 1. The highest BCUT2D eigenvalue weighted by Crippen LogP contribution is 2.25. The fourth-order valence-corrected chi connectivity index (χ4v) is 2.64. The summed E-state index contributed by atoms with van der Waals surface area (Å²) in [6.07, 6.45) is 0.768. The second kappa shape index (κ2) is 5.58. The van der Waals surface area contributed by atoms with Crippen molar-refractivity contribution in [1.82, 2.24) is 4.57 Å². The van der Waals surface area contributed by atoms with Crippen molar-refractivity contribution in [2.24, 2.45) is 12.8 Å². The molecule has 4 nitrogen and oxygen atoms in total. The summed E-state index contributed by atoms with van der Waals surface area (Å²) in [5, 5.41) is 1.35. The van der Waals surface area contributed by atoms with E-state index in [0.717, 1.165) is 17.5 Å². The van der Waals surface area contributed by atoms with Gasteiger partial charge in [0.15, 0.2) is 0 Å². The van der Waals surface area contributed by atoms with Gasteiger partial charge in [-0.1, -0.05) is 18.2 Å². The first-order valence-electron chi connectivity index (χ1n) is 7.07. The Hall–Kier alpha value is -2.33. The van der Waals surface area contributed by atoms with Crippen molar-refractivity contribution in [3.63, 3.8) is 0 Å². The third-order valence-electron chi connectivity index (χ3n) is 3.71. The molecule has 0 spiro atoms. The van der Waals surface area contributed by atoms with Crippen LogP contribution in [0, 0.1) is 0 Å². The van der Waals surface area contributed by atoms with Crippen LogP contribution in [0.15, 0.2) is 47.3 Å². The van der Waals surface area contributed by atoms with E-state index in [-0.39, 0.29) is 5.43 Å². The van der Waals surface area contributed by atoms with Crippen LogP contribution >= 0.6 is 0 Å². The van der Waals surface area contributed by atoms with Crippen molar-refractivity contribution in [1.29, 1.82) is 0 Å². The molecule has 0 amide bonds. The molecule has 0 aliphatic carbocycles. The third kappa shape index (κ3) is 2.28. The minimum Gasteiger partial charge on any atom is -0.493 e. The summed E-state index contributed by atoms with van der Waals surface area (Å²) in [5.74, 6) is 0.632. The summed E-state index contributed by atoms with van der Waals surface area (Å²) in [5.41, 5.74) is 7.31. The second-order valence-electron chi connectivity index (χ2n) is 5.05. The van der Waals surface area contributed by atoms with Crippen molar-refractivity contribution in [2.45, 2.75) is 6.42 Å². The molecule has 2 N–H and O–H groups in total. The average molecular weight is 282 g/mol. The van der Waals surface area contributed by atoms with Gasteiger partial charge in [-0.15, -0.1) is 0 Å². The summed E-state index contributed by atoms with van der Waals surface area (Å²) >= 11 is 0. The van der Waals surface area contributed by atoms with Crippen molar-refractivity contribution >= 4 is 21.8 Å². The lowest BCUT2D eigenvalue weighted by atomic mass is 10.1. The second-order valence-corrected chi connectivity index (χ2v) is 5.05. The molecule has 0 radical (unpaired) electrons. The highest BCUT2D eigenvalue weighted by Gasteiger charge is 2.12.